The van der Waals surface area contributed by atoms with Crippen LogP contribution in [0.15, 0.2) is 29.3 Å². The van der Waals surface area contributed by atoms with Gasteiger partial charge in [-0.1, -0.05) is 28.6 Å². The fraction of sp³-hybridized carbons (Fsp3) is 0.250. The second-order valence-corrected chi connectivity index (χ2v) is 4.36. The summed E-state index contributed by atoms with van der Waals surface area (Å²) in [5, 5.41) is 2.70. The number of hydrogen-bond acceptors (Lipinski definition) is 3. The molecule has 1 aromatic carbocycles. The third kappa shape index (κ3) is 3.49. The van der Waals surface area contributed by atoms with Crippen LogP contribution >= 0.6 is 15.9 Å². The van der Waals surface area contributed by atoms with E-state index in [2.05, 4.69) is 27.8 Å². The van der Waals surface area contributed by atoms with E-state index in [9.17, 15) is 4.79 Å². The molecule has 0 aliphatic heterocycles. The number of rotatable bonds is 5. The Balaban J connectivity index is 3.01. The van der Waals surface area contributed by atoms with Crippen molar-refractivity contribution in [1.29, 1.82) is 0 Å². The van der Waals surface area contributed by atoms with Gasteiger partial charge in [0.25, 0.3) is 5.91 Å². The second kappa shape index (κ2) is 6.30. The van der Waals surface area contributed by atoms with E-state index >= 15 is 0 Å². The van der Waals surface area contributed by atoms with Gasteiger partial charge in [-0.15, -0.1) is 0 Å². The summed E-state index contributed by atoms with van der Waals surface area (Å²) in [5.74, 6) is 0.684. The molecule has 0 aliphatic carbocycles. The Bertz CT molecular complexity index is 410. The fourth-order valence-electron chi connectivity index (χ4n) is 1.34. The summed E-state index contributed by atoms with van der Waals surface area (Å²) < 4.78 is 11.0. The van der Waals surface area contributed by atoms with Crippen LogP contribution in [0.3, 0.4) is 0 Å². The molecule has 1 aromatic rings. The molecule has 0 fully saturated rings. The Kier molecular flexibility index (Phi) is 5.03. The molecule has 4 nitrogen and oxygen atoms in total. The Morgan fingerprint density at radius 3 is 2.29 bits per heavy atom. The van der Waals surface area contributed by atoms with Crippen molar-refractivity contribution < 1.29 is 14.3 Å². The van der Waals surface area contributed by atoms with Crippen LogP contribution in [0.5, 0.6) is 11.5 Å². The highest BCUT2D eigenvalue weighted by Crippen LogP contribution is 2.27. The maximum atomic E-state index is 12.0. The van der Waals surface area contributed by atoms with Crippen LogP contribution in [0.1, 0.15) is 10.4 Å². The van der Waals surface area contributed by atoms with Gasteiger partial charge in [-0.05, 0) is 12.1 Å². The van der Waals surface area contributed by atoms with Gasteiger partial charge in [0.2, 0.25) is 0 Å². The summed E-state index contributed by atoms with van der Waals surface area (Å²) in [6, 6.07) is 5.18. The lowest BCUT2D eigenvalue weighted by atomic mass is 10.1. The molecular formula is C12H14BrNO3. The lowest BCUT2D eigenvalue weighted by Crippen LogP contribution is -2.25. The summed E-state index contributed by atoms with van der Waals surface area (Å²) in [7, 11) is 3.02. The van der Waals surface area contributed by atoms with E-state index in [0.717, 1.165) is 0 Å². The van der Waals surface area contributed by atoms with Crippen LogP contribution in [0.2, 0.25) is 0 Å². The van der Waals surface area contributed by atoms with Gasteiger partial charge in [0.05, 0.1) is 14.2 Å². The highest BCUT2D eigenvalue weighted by atomic mass is 79.9. The number of halogens is 1. The third-order valence-corrected chi connectivity index (χ3v) is 2.38. The number of methoxy groups -OCH3 is 2. The Hall–Kier alpha value is -1.49. The summed E-state index contributed by atoms with van der Waals surface area (Å²) in [4.78, 5) is 12.0. The normalized spacial score (nSPS) is 9.59. The van der Waals surface area contributed by atoms with Gasteiger partial charge in [0, 0.05) is 11.0 Å². The van der Waals surface area contributed by atoms with Gasteiger partial charge in [0.15, 0.2) is 0 Å². The van der Waals surface area contributed by atoms with Crippen molar-refractivity contribution in [3.05, 3.63) is 34.8 Å². The first-order valence-electron chi connectivity index (χ1n) is 4.92. The fourth-order valence-corrected chi connectivity index (χ4v) is 1.48. The Morgan fingerprint density at radius 1 is 1.35 bits per heavy atom. The van der Waals surface area contributed by atoms with Crippen LogP contribution in [-0.4, -0.2) is 26.7 Å². The molecule has 92 valence electrons. The zero-order chi connectivity index (χ0) is 12.8. The standard InChI is InChI=1S/C12H14BrNO3/c1-8(13)7-14-12(15)11-9(16-2)5-4-6-10(11)17-3/h4-6H,1,7H2,2-3H3,(H,14,15). The van der Waals surface area contributed by atoms with E-state index < -0.39 is 0 Å². The van der Waals surface area contributed by atoms with Crippen LogP contribution in [0, 0.1) is 0 Å². The van der Waals surface area contributed by atoms with E-state index in [1.165, 1.54) is 14.2 Å². The molecule has 0 radical (unpaired) electrons. The first-order valence-corrected chi connectivity index (χ1v) is 5.72. The zero-order valence-electron chi connectivity index (χ0n) is 9.75. The average Bonchev–Trinajstić information content (AvgIpc) is 2.34. The molecule has 1 rings (SSSR count). The number of benzene rings is 1. The predicted octanol–water partition coefficient (Wildman–Crippen LogP) is 2.34. The minimum atomic E-state index is -0.264. The molecule has 0 spiro atoms. The lowest BCUT2D eigenvalue weighted by Gasteiger charge is -2.12. The zero-order valence-corrected chi connectivity index (χ0v) is 11.3. The van der Waals surface area contributed by atoms with Crippen molar-refractivity contribution in [2.75, 3.05) is 20.8 Å². The average molecular weight is 300 g/mol. The van der Waals surface area contributed by atoms with Crippen LogP contribution in [0.4, 0.5) is 0 Å². The molecule has 0 saturated carbocycles. The van der Waals surface area contributed by atoms with Crippen molar-refractivity contribution in [2.24, 2.45) is 0 Å². The molecule has 0 aromatic heterocycles. The number of carbonyl (C=O) groups excluding carboxylic acids is 1. The Labute approximate surface area is 109 Å². The third-order valence-electron chi connectivity index (χ3n) is 2.10. The van der Waals surface area contributed by atoms with Crippen LogP contribution in [-0.2, 0) is 0 Å². The van der Waals surface area contributed by atoms with Crippen molar-refractivity contribution >= 4 is 21.8 Å². The first-order chi connectivity index (χ1) is 8.10. The van der Waals surface area contributed by atoms with Gasteiger partial charge in [-0.3, -0.25) is 4.79 Å². The molecule has 17 heavy (non-hydrogen) atoms. The van der Waals surface area contributed by atoms with Gasteiger partial charge in [-0.2, -0.15) is 0 Å². The van der Waals surface area contributed by atoms with Crippen molar-refractivity contribution in [2.45, 2.75) is 0 Å². The van der Waals surface area contributed by atoms with E-state index in [-0.39, 0.29) is 5.91 Å². The van der Waals surface area contributed by atoms with E-state index in [1.54, 1.807) is 18.2 Å². The van der Waals surface area contributed by atoms with E-state index in [4.69, 9.17) is 9.47 Å². The van der Waals surface area contributed by atoms with Crippen molar-refractivity contribution in [3.8, 4) is 11.5 Å². The minimum absolute atomic E-state index is 0.264. The van der Waals surface area contributed by atoms with Gasteiger partial charge >= 0.3 is 0 Å². The monoisotopic (exact) mass is 299 g/mol. The highest BCUT2D eigenvalue weighted by Gasteiger charge is 2.17. The molecule has 0 atom stereocenters. The largest absolute Gasteiger partial charge is 0.496 e. The number of carbonyl (C=O) groups is 1. The molecule has 0 unspecified atom stereocenters. The quantitative estimate of drug-likeness (QED) is 0.908. The van der Waals surface area contributed by atoms with Crippen molar-refractivity contribution in [1.82, 2.24) is 5.32 Å². The number of hydrogen-bond donors (Lipinski definition) is 1. The molecule has 5 heteroatoms. The number of nitrogens with one attached hydrogen (secondary N) is 1. The first kappa shape index (κ1) is 13.6. The van der Waals surface area contributed by atoms with Crippen molar-refractivity contribution in [3.63, 3.8) is 0 Å². The predicted molar refractivity (Wildman–Crippen MR) is 69.9 cm³/mol. The molecule has 0 heterocycles. The molecule has 0 saturated heterocycles. The maximum Gasteiger partial charge on any atom is 0.259 e. The molecule has 0 bridgehead atoms. The molecule has 1 amide bonds. The summed E-state index contributed by atoms with van der Waals surface area (Å²) in [5.41, 5.74) is 0.381. The maximum absolute atomic E-state index is 12.0. The Morgan fingerprint density at radius 2 is 1.88 bits per heavy atom. The highest BCUT2D eigenvalue weighted by molar-refractivity contribution is 9.11. The number of ether oxygens (including phenoxy) is 2. The molecular weight excluding hydrogens is 286 g/mol. The summed E-state index contributed by atoms with van der Waals surface area (Å²) >= 11 is 3.17. The smallest absolute Gasteiger partial charge is 0.259 e. The van der Waals surface area contributed by atoms with Gasteiger partial charge < -0.3 is 14.8 Å². The van der Waals surface area contributed by atoms with Gasteiger partial charge in [0.1, 0.15) is 17.1 Å². The lowest BCUT2D eigenvalue weighted by molar-refractivity contribution is 0.0951. The topological polar surface area (TPSA) is 47.6 Å². The summed E-state index contributed by atoms with van der Waals surface area (Å²) in [6.07, 6.45) is 0. The van der Waals surface area contributed by atoms with Gasteiger partial charge in [-0.25, -0.2) is 0 Å². The van der Waals surface area contributed by atoms with Crippen LogP contribution < -0.4 is 14.8 Å². The van der Waals surface area contributed by atoms with Crippen LogP contribution in [0.25, 0.3) is 0 Å². The molecule has 1 N–H and O–H groups in total. The SMILES string of the molecule is C=C(Br)CNC(=O)c1c(OC)cccc1OC. The number of amides is 1. The summed E-state index contributed by atoms with van der Waals surface area (Å²) in [6.45, 7) is 3.99. The van der Waals surface area contributed by atoms with E-state index in [0.29, 0.717) is 28.1 Å². The second-order valence-electron chi connectivity index (χ2n) is 3.24. The van der Waals surface area contributed by atoms with E-state index in [1.807, 2.05) is 0 Å². The minimum Gasteiger partial charge on any atom is -0.496 e. The molecule has 0 aliphatic rings.